The lowest BCUT2D eigenvalue weighted by Crippen LogP contribution is -2.22. The largest absolute Gasteiger partial charge is 0.324 e. The molecule has 0 aliphatic heterocycles. The number of rotatable bonds is 4. The highest BCUT2D eigenvalue weighted by molar-refractivity contribution is 6.34. The zero-order chi connectivity index (χ0) is 16.1. The molecule has 2 aromatic rings. The second-order valence-corrected chi connectivity index (χ2v) is 5.25. The van der Waals surface area contributed by atoms with Crippen molar-refractivity contribution < 1.29 is 9.59 Å². The van der Waals surface area contributed by atoms with Crippen molar-refractivity contribution in [2.24, 2.45) is 5.73 Å². The molecule has 114 valence electrons. The lowest BCUT2D eigenvalue weighted by molar-refractivity contribution is -0.114. The minimum Gasteiger partial charge on any atom is -0.324 e. The van der Waals surface area contributed by atoms with E-state index >= 15 is 0 Å². The second kappa shape index (κ2) is 7.26. The van der Waals surface area contributed by atoms with Crippen molar-refractivity contribution in [3.8, 4) is 0 Å². The molecule has 0 aliphatic rings. The molecule has 0 heterocycles. The Bertz CT molecular complexity index is 702. The summed E-state index contributed by atoms with van der Waals surface area (Å²) in [6, 6.07) is 11.3. The Labute approximate surface area is 137 Å². The summed E-state index contributed by atoms with van der Waals surface area (Å²) in [6.45, 7) is -0.155. The van der Waals surface area contributed by atoms with Gasteiger partial charge in [0.15, 0.2) is 0 Å². The average Bonchev–Trinajstić information content (AvgIpc) is 2.51. The average molecular weight is 338 g/mol. The highest BCUT2D eigenvalue weighted by Crippen LogP contribution is 2.26. The van der Waals surface area contributed by atoms with E-state index in [1.165, 1.54) is 0 Å². The van der Waals surface area contributed by atoms with Crippen molar-refractivity contribution >= 4 is 46.4 Å². The maximum atomic E-state index is 12.1. The Morgan fingerprint density at radius 3 is 2.32 bits per heavy atom. The quantitative estimate of drug-likeness (QED) is 0.801. The zero-order valence-corrected chi connectivity index (χ0v) is 12.9. The van der Waals surface area contributed by atoms with Crippen molar-refractivity contribution in [1.82, 2.24) is 0 Å². The SMILES string of the molecule is NCC(=O)Nc1cc(NC(=O)c2ccc(Cl)cc2)ccc1Cl. The first kappa shape index (κ1) is 16.3. The Morgan fingerprint density at radius 1 is 1.00 bits per heavy atom. The van der Waals surface area contributed by atoms with E-state index in [1.807, 2.05) is 0 Å². The van der Waals surface area contributed by atoms with Gasteiger partial charge in [0.05, 0.1) is 17.3 Å². The van der Waals surface area contributed by atoms with Crippen LogP contribution in [-0.4, -0.2) is 18.4 Å². The Morgan fingerprint density at radius 2 is 1.68 bits per heavy atom. The number of carbonyl (C=O) groups is 2. The number of nitrogens with two attached hydrogens (primary N) is 1. The fourth-order valence-corrected chi connectivity index (χ4v) is 2.00. The van der Waals surface area contributed by atoms with Gasteiger partial charge in [-0.1, -0.05) is 23.2 Å². The molecule has 0 aromatic heterocycles. The molecule has 0 fully saturated rings. The Kier molecular flexibility index (Phi) is 5.38. The van der Waals surface area contributed by atoms with Crippen molar-refractivity contribution in [3.05, 3.63) is 58.1 Å². The van der Waals surface area contributed by atoms with Crippen LogP contribution in [0.4, 0.5) is 11.4 Å². The monoisotopic (exact) mass is 337 g/mol. The lowest BCUT2D eigenvalue weighted by atomic mass is 10.2. The third-order valence-corrected chi connectivity index (χ3v) is 3.37. The molecule has 0 saturated carbocycles. The summed E-state index contributed by atoms with van der Waals surface area (Å²) in [5.74, 6) is -0.668. The van der Waals surface area contributed by atoms with E-state index in [0.717, 1.165) is 0 Å². The molecular weight excluding hydrogens is 325 g/mol. The maximum absolute atomic E-state index is 12.1. The third kappa shape index (κ3) is 4.21. The van der Waals surface area contributed by atoms with E-state index in [1.54, 1.807) is 42.5 Å². The summed E-state index contributed by atoms with van der Waals surface area (Å²) in [5.41, 5.74) is 6.58. The number of hydrogen-bond donors (Lipinski definition) is 3. The maximum Gasteiger partial charge on any atom is 0.255 e. The van der Waals surface area contributed by atoms with Gasteiger partial charge in [0.1, 0.15) is 0 Å². The molecule has 0 unspecified atom stereocenters. The molecule has 2 amide bonds. The fraction of sp³-hybridized carbons (Fsp3) is 0.0667. The number of halogens is 2. The van der Waals surface area contributed by atoms with Gasteiger partial charge in [-0.2, -0.15) is 0 Å². The van der Waals surface area contributed by atoms with Gasteiger partial charge in [0.2, 0.25) is 5.91 Å². The van der Waals surface area contributed by atoms with Crippen LogP contribution < -0.4 is 16.4 Å². The fourth-order valence-electron chi connectivity index (χ4n) is 1.70. The summed E-state index contributed by atoms with van der Waals surface area (Å²) in [7, 11) is 0. The van der Waals surface area contributed by atoms with Crippen LogP contribution in [-0.2, 0) is 4.79 Å². The molecule has 4 N–H and O–H groups in total. The number of hydrogen-bond acceptors (Lipinski definition) is 3. The van der Waals surface area contributed by atoms with Gasteiger partial charge in [-0.3, -0.25) is 9.59 Å². The molecule has 0 aliphatic carbocycles. The molecule has 0 radical (unpaired) electrons. The Balaban J connectivity index is 2.15. The summed E-state index contributed by atoms with van der Waals surface area (Å²) in [4.78, 5) is 23.4. The number of amides is 2. The summed E-state index contributed by atoms with van der Waals surface area (Å²) >= 11 is 11.8. The summed E-state index contributed by atoms with van der Waals surface area (Å²) in [5, 5.41) is 6.17. The predicted molar refractivity (Wildman–Crippen MR) is 88.5 cm³/mol. The van der Waals surface area contributed by atoms with Gasteiger partial charge in [0, 0.05) is 16.3 Å². The Hall–Kier alpha value is -2.08. The van der Waals surface area contributed by atoms with Crippen LogP contribution in [0, 0.1) is 0 Å². The topological polar surface area (TPSA) is 84.2 Å². The smallest absolute Gasteiger partial charge is 0.255 e. The third-order valence-electron chi connectivity index (χ3n) is 2.79. The highest BCUT2D eigenvalue weighted by atomic mass is 35.5. The van der Waals surface area contributed by atoms with Crippen LogP contribution in [0.5, 0.6) is 0 Å². The van der Waals surface area contributed by atoms with Crippen molar-refractivity contribution in [2.45, 2.75) is 0 Å². The number of benzene rings is 2. The van der Waals surface area contributed by atoms with Gasteiger partial charge in [-0.25, -0.2) is 0 Å². The highest BCUT2D eigenvalue weighted by Gasteiger charge is 2.09. The normalized spacial score (nSPS) is 10.1. The summed E-state index contributed by atoms with van der Waals surface area (Å²) in [6.07, 6.45) is 0. The summed E-state index contributed by atoms with van der Waals surface area (Å²) < 4.78 is 0. The van der Waals surface area contributed by atoms with E-state index in [4.69, 9.17) is 28.9 Å². The van der Waals surface area contributed by atoms with Crippen LogP contribution in [0.2, 0.25) is 10.0 Å². The minimum absolute atomic E-state index is 0.155. The molecule has 2 aromatic carbocycles. The van der Waals surface area contributed by atoms with Crippen molar-refractivity contribution in [1.29, 1.82) is 0 Å². The molecule has 0 spiro atoms. The van der Waals surface area contributed by atoms with Crippen LogP contribution >= 0.6 is 23.2 Å². The molecule has 0 atom stereocenters. The van der Waals surface area contributed by atoms with Gasteiger partial charge in [-0.15, -0.1) is 0 Å². The first-order valence-corrected chi connectivity index (χ1v) is 7.11. The molecule has 2 rings (SSSR count). The van der Waals surface area contributed by atoms with Crippen molar-refractivity contribution in [3.63, 3.8) is 0 Å². The first-order valence-electron chi connectivity index (χ1n) is 6.36. The van der Waals surface area contributed by atoms with Gasteiger partial charge in [-0.05, 0) is 42.5 Å². The van der Waals surface area contributed by atoms with E-state index < -0.39 is 0 Å². The van der Waals surface area contributed by atoms with E-state index in [2.05, 4.69) is 10.6 Å². The molecule has 22 heavy (non-hydrogen) atoms. The lowest BCUT2D eigenvalue weighted by Gasteiger charge is -2.10. The van der Waals surface area contributed by atoms with Gasteiger partial charge < -0.3 is 16.4 Å². The number of anilines is 2. The van der Waals surface area contributed by atoms with Crippen LogP contribution in [0.15, 0.2) is 42.5 Å². The minimum atomic E-state index is -0.372. The molecule has 5 nitrogen and oxygen atoms in total. The van der Waals surface area contributed by atoms with Gasteiger partial charge in [0.25, 0.3) is 5.91 Å². The standard InChI is InChI=1S/C15H13Cl2N3O2/c16-10-3-1-9(2-4-10)15(22)19-11-5-6-12(17)13(7-11)20-14(21)8-18/h1-7H,8,18H2,(H,19,22)(H,20,21). The molecular formula is C15H13Cl2N3O2. The van der Waals surface area contributed by atoms with Crippen LogP contribution in [0.25, 0.3) is 0 Å². The van der Waals surface area contributed by atoms with Crippen molar-refractivity contribution in [2.75, 3.05) is 17.2 Å². The van der Waals surface area contributed by atoms with Crippen LogP contribution in [0.1, 0.15) is 10.4 Å². The second-order valence-electron chi connectivity index (χ2n) is 4.41. The van der Waals surface area contributed by atoms with E-state index in [0.29, 0.717) is 27.0 Å². The number of nitrogens with one attached hydrogen (secondary N) is 2. The molecule has 0 bridgehead atoms. The van der Waals surface area contributed by atoms with E-state index in [9.17, 15) is 9.59 Å². The van der Waals surface area contributed by atoms with Gasteiger partial charge >= 0.3 is 0 Å². The number of carbonyl (C=O) groups excluding carboxylic acids is 2. The first-order chi connectivity index (χ1) is 10.5. The predicted octanol–water partition coefficient (Wildman–Crippen LogP) is 3.14. The molecule has 7 heteroatoms. The molecule has 0 saturated heterocycles. The van der Waals surface area contributed by atoms with Crippen LogP contribution in [0.3, 0.4) is 0 Å². The zero-order valence-electron chi connectivity index (χ0n) is 11.4. The van der Waals surface area contributed by atoms with E-state index in [-0.39, 0.29) is 18.4 Å².